The van der Waals surface area contributed by atoms with E-state index >= 15 is 0 Å². The number of quaternary nitrogens is 1. The Morgan fingerprint density at radius 3 is 2.42 bits per heavy atom. The number of hydrogen-bond donors (Lipinski definition) is 0. The second-order valence-electron chi connectivity index (χ2n) is 4.36. The van der Waals surface area contributed by atoms with E-state index < -0.39 is 3.79 Å². The molecule has 4 heteroatoms. The summed E-state index contributed by atoms with van der Waals surface area (Å²) in [6.07, 6.45) is 0.242. The molecule has 0 aliphatic carbocycles. The van der Waals surface area contributed by atoms with E-state index in [9.17, 15) is 0 Å². The fraction of sp³-hybridized carbons (Fsp3) is 1.00. The second-order valence-corrected chi connectivity index (χ2v) is 6.32. The molecule has 1 heterocycles. The first-order chi connectivity index (χ1) is 5.29. The summed E-state index contributed by atoms with van der Waals surface area (Å²) in [5.74, 6) is 0. The maximum absolute atomic E-state index is 5.67. The van der Waals surface area contributed by atoms with Crippen molar-refractivity contribution in [2.75, 3.05) is 34.3 Å². The molecule has 0 saturated carbocycles. The number of ether oxygens (including phenoxy) is 2. The van der Waals surface area contributed by atoms with Crippen molar-refractivity contribution in [3.63, 3.8) is 0 Å². The second kappa shape index (κ2) is 3.40. The standard InChI is InChI=1S/C8H17INO2/c1-8(9)11-6-7(12-8)5-10(2,3)4/h7H,5-6H2,1-4H3/q+1. The lowest BCUT2D eigenvalue weighted by molar-refractivity contribution is -0.873. The number of nitrogens with zero attached hydrogens (tertiary/aromatic N) is 1. The lowest BCUT2D eigenvalue weighted by Gasteiger charge is -2.26. The van der Waals surface area contributed by atoms with Crippen LogP contribution in [0, 0.1) is 0 Å². The first-order valence-corrected chi connectivity index (χ1v) is 5.17. The SMILES string of the molecule is CC1(I)OCC(C[N+](C)(C)C)O1. The Balaban J connectivity index is 2.39. The van der Waals surface area contributed by atoms with Crippen molar-refractivity contribution in [3.05, 3.63) is 0 Å². The summed E-state index contributed by atoms with van der Waals surface area (Å²) in [5.41, 5.74) is 0. The summed E-state index contributed by atoms with van der Waals surface area (Å²) in [6.45, 7) is 3.66. The fourth-order valence-corrected chi connectivity index (χ4v) is 1.85. The average molecular weight is 286 g/mol. The normalized spacial score (nSPS) is 37.2. The predicted molar refractivity (Wildman–Crippen MR) is 56.1 cm³/mol. The van der Waals surface area contributed by atoms with E-state index in [0.717, 1.165) is 17.6 Å². The molecule has 0 spiro atoms. The van der Waals surface area contributed by atoms with Gasteiger partial charge in [-0.1, -0.05) is 0 Å². The average Bonchev–Trinajstić information content (AvgIpc) is 2.05. The van der Waals surface area contributed by atoms with Gasteiger partial charge in [-0.15, -0.1) is 0 Å². The first-order valence-electron chi connectivity index (χ1n) is 4.10. The molecule has 0 bridgehead atoms. The Kier molecular flexibility index (Phi) is 3.03. The van der Waals surface area contributed by atoms with Crippen LogP contribution >= 0.6 is 22.6 Å². The monoisotopic (exact) mass is 286 g/mol. The van der Waals surface area contributed by atoms with Crippen LogP contribution in [0.3, 0.4) is 0 Å². The van der Waals surface area contributed by atoms with Crippen LogP contribution in [0.1, 0.15) is 6.92 Å². The minimum atomic E-state index is -0.405. The van der Waals surface area contributed by atoms with E-state index in [1.54, 1.807) is 0 Å². The number of alkyl halides is 1. The largest absolute Gasteiger partial charge is 0.339 e. The zero-order valence-corrected chi connectivity index (χ0v) is 10.3. The molecule has 0 aromatic rings. The number of likely N-dealkylation sites (N-methyl/N-ethyl adjacent to an activating group) is 1. The van der Waals surface area contributed by atoms with E-state index in [1.807, 2.05) is 6.92 Å². The Morgan fingerprint density at radius 2 is 2.08 bits per heavy atom. The van der Waals surface area contributed by atoms with Crippen LogP contribution in [0.4, 0.5) is 0 Å². The Morgan fingerprint density at radius 1 is 1.50 bits per heavy atom. The smallest absolute Gasteiger partial charge is 0.219 e. The molecule has 2 atom stereocenters. The summed E-state index contributed by atoms with van der Waals surface area (Å²) in [4.78, 5) is 0. The molecule has 12 heavy (non-hydrogen) atoms. The van der Waals surface area contributed by atoms with E-state index in [1.165, 1.54) is 0 Å². The van der Waals surface area contributed by atoms with Crippen molar-refractivity contribution in [2.45, 2.75) is 16.8 Å². The molecular weight excluding hydrogens is 269 g/mol. The lowest BCUT2D eigenvalue weighted by atomic mass is 10.3. The van der Waals surface area contributed by atoms with Gasteiger partial charge in [0.05, 0.1) is 27.7 Å². The van der Waals surface area contributed by atoms with E-state index in [-0.39, 0.29) is 6.10 Å². The Bertz CT molecular complexity index is 165. The first kappa shape index (κ1) is 10.7. The van der Waals surface area contributed by atoms with Gasteiger partial charge in [-0.2, -0.15) is 0 Å². The summed E-state index contributed by atoms with van der Waals surface area (Å²) in [5, 5.41) is 0. The van der Waals surface area contributed by atoms with Crippen LogP contribution in [0.25, 0.3) is 0 Å². The van der Waals surface area contributed by atoms with Crippen LogP contribution in [0.5, 0.6) is 0 Å². The van der Waals surface area contributed by atoms with Crippen LogP contribution in [0.2, 0.25) is 0 Å². The van der Waals surface area contributed by atoms with Crippen LogP contribution in [-0.4, -0.2) is 48.7 Å². The topological polar surface area (TPSA) is 18.5 Å². The maximum atomic E-state index is 5.67. The summed E-state index contributed by atoms with van der Waals surface area (Å²) < 4.78 is 11.6. The highest BCUT2D eigenvalue weighted by Crippen LogP contribution is 2.30. The molecule has 0 aromatic heterocycles. The van der Waals surface area contributed by atoms with Gasteiger partial charge in [0.2, 0.25) is 3.79 Å². The van der Waals surface area contributed by atoms with Gasteiger partial charge in [-0.05, 0) is 29.5 Å². The van der Waals surface area contributed by atoms with Gasteiger partial charge in [-0.25, -0.2) is 0 Å². The molecule has 0 amide bonds. The van der Waals surface area contributed by atoms with Gasteiger partial charge in [0.15, 0.2) is 0 Å². The van der Waals surface area contributed by atoms with Gasteiger partial charge in [0.25, 0.3) is 0 Å². The molecule has 1 fully saturated rings. The molecule has 1 aliphatic heterocycles. The van der Waals surface area contributed by atoms with Crippen molar-refractivity contribution in [2.24, 2.45) is 0 Å². The maximum Gasteiger partial charge on any atom is 0.219 e. The molecule has 1 aliphatic rings. The quantitative estimate of drug-likeness (QED) is 0.432. The van der Waals surface area contributed by atoms with Gasteiger partial charge in [0.1, 0.15) is 12.6 Å². The molecule has 2 unspecified atom stereocenters. The van der Waals surface area contributed by atoms with E-state index in [0.29, 0.717) is 0 Å². The molecule has 72 valence electrons. The molecule has 1 rings (SSSR count). The number of rotatable bonds is 2. The van der Waals surface area contributed by atoms with Crippen LogP contribution in [0.15, 0.2) is 0 Å². The Labute approximate surface area is 87.7 Å². The zero-order valence-electron chi connectivity index (χ0n) is 8.13. The van der Waals surface area contributed by atoms with Crippen molar-refractivity contribution >= 4 is 22.6 Å². The van der Waals surface area contributed by atoms with Gasteiger partial charge in [0, 0.05) is 0 Å². The molecule has 0 radical (unpaired) electrons. The minimum Gasteiger partial charge on any atom is -0.339 e. The summed E-state index contributed by atoms with van der Waals surface area (Å²) in [6, 6.07) is 0. The van der Waals surface area contributed by atoms with Crippen LogP contribution < -0.4 is 0 Å². The van der Waals surface area contributed by atoms with Crippen molar-refractivity contribution in [1.29, 1.82) is 0 Å². The molecule has 0 aromatic carbocycles. The van der Waals surface area contributed by atoms with Gasteiger partial charge >= 0.3 is 0 Å². The highest BCUT2D eigenvalue weighted by atomic mass is 127. The van der Waals surface area contributed by atoms with Crippen LogP contribution in [-0.2, 0) is 9.47 Å². The fourth-order valence-electron chi connectivity index (χ4n) is 1.31. The number of hydrogen-bond acceptors (Lipinski definition) is 2. The van der Waals surface area contributed by atoms with Gasteiger partial charge in [-0.3, -0.25) is 0 Å². The highest BCUT2D eigenvalue weighted by molar-refractivity contribution is 14.1. The molecule has 0 N–H and O–H groups in total. The van der Waals surface area contributed by atoms with Crippen molar-refractivity contribution < 1.29 is 14.0 Å². The Hall–Kier alpha value is 0.610. The van der Waals surface area contributed by atoms with E-state index in [2.05, 4.69) is 43.7 Å². The third kappa shape index (κ3) is 3.55. The third-order valence-electron chi connectivity index (χ3n) is 1.66. The summed E-state index contributed by atoms with van der Waals surface area (Å²) in [7, 11) is 6.48. The van der Waals surface area contributed by atoms with Crippen molar-refractivity contribution in [3.8, 4) is 0 Å². The third-order valence-corrected chi connectivity index (χ3v) is 2.22. The lowest BCUT2D eigenvalue weighted by Crippen LogP contribution is -2.42. The van der Waals surface area contributed by atoms with E-state index in [4.69, 9.17) is 9.47 Å². The minimum absolute atomic E-state index is 0.242. The zero-order chi connectivity index (χ0) is 9.41. The summed E-state index contributed by atoms with van der Waals surface area (Å²) >= 11 is 2.18. The molecular formula is C8H17INO2+. The molecule has 3 nitrogen and oxygen atoms in total. The molecule has 1 saturated heterocycles. The predicted octanol–water partition coefficient (Wildman–Crippen LogP) is 1.22. The highest BCUT2D eigenvalue weighted by Gasteiger charge is 2.36. The van der Waals surface area contributed by atoms with Crippen molar-refractivity contribution in [1.82, 2.24) is 0 Å². The number of halogens is 1. The van der Waals surface area contributed by atoms with Gasteiger partial charge < -0.3 is 14.0 Å².